The number of thiophene rings is 1. The van der Waals surface area contributed by atoms with Gasteiger partial charge in [0.25, 0.3) is 5.91 Å². The summed E-state index contributed by atoms with van der Waals surface area (Å²) < 4.78 is 6.24. The summed E-state index contributed by atoms with van der Waals surface area (Å²) >= 11 is 1.36. The number of anilines is 1. The lowest BCUT2D eigenvalue weighted by Crippen LogP contribution is -2.49. The maximum absolute atomic E-state index is 13.1. The number of hydrogen-bond acceptors (Lipinski definition) is 7. The van der Waals surface area contributed by atoms with Crippen LogP contribution in [0.1, 0.15) is 15.2 Å². The van der Waals surface area contributed by atoms with E-state index in [1.54, 1.807) is 30.6 Å². The third-order valence-electron chi connectivity index (χ3n) is 5.15. The lowest BCUT2D eigenvalue weighted by molar-refractivity contribution is 0.0751. The Morgan fingerprint density at radius 3 is 2.59 bits per heavy atom. The zero-order chi connectivity index (χ0) is 20.0. The fourth-order valence-electron chi connectivity index (χ4n) is 3.63. The summed E-state index contributed by atoms with van der Waals surface area (Å²) in [5, 5.41) is 1.34. The number of benzene rings is 1. The van der Waals surface area contributed by atoms with Crippen molar-refractivity contribution in [1.29, 1.82) is 0 Å². The third-order valence-corrected chi connectivity index (χ3v) is 6.30. The first-order chi connectivity index (χ1) is 14.1. The molecule has 4 heterocycles. The number of aromatic nitrogens is 2. The van der Waals surface area contributed by atoms with E-state index in [1.165, 1.54) is 11.3 Å². The molecule has 29 heavy (non-hydrogen) atoms. The van der Waals surface area contributed by atoms with Gasteiger partial charge in [0.05, 0.1) is 15.0 Å². The van der Waals surface area contributed by atoms with Gasteiger partial charge in [-0.3, -0.25) is 4.79 Å². The zero-order valence-corrected chi connectivity index (χ0v) is 16.6. The van der Waals surface area contributed by atoms with Crippen LogP contribution in [0.25, 0.3) is 21.1 Å². The quantitative estimate of drug-likeness (QED) is 0.476. The molecule has 1 amide bonds. The second kappa shape index (κ2) is 6.97. The second-order valence-electron chi connectivity index (χ2n) is 7.07. The lowest BCUT2D eigenvalue weighted by Gasteiger charge is -2.34. The molecule has 0 N–H and O–H groups in total. The molecule has 0 atom stereocenters. The number of aryl methyl sites for hydroxylation is 1. The van der Waals surface area contributed by atoms with Crippen molar-refractivity contribution >= 4 is 44.2 Å². The molecule has 0 unspecified atom stereocenters. The van der Waals surface area contributed by atoms with Crippen molar-refractivity contribution in [3.63, 3.8) is 0 Å². The molecule has 1 aliphatic heterocycles. The molecule has 3 aromatic heterocycles. The second-order valence-corrected chi connectivity index (χ2v) is 8.12. The van der Waals surface area contributed by atoms with Gasteiger partial charge < -0.3 is 14.2 Å². The zero-order valence-electron chi connectivity index (χ0n) is 15.8. The van der Waals surface area contributed by atoms with E-state index in [4.69, 9.17) is 4.42 Å². The van der Waals surface area contributed by atoms with Crippen LogP contribution < -0.4 is 10.5 Å². The monoisotopic (exact) mass is 406 g/mol. The molecule has 0 radical (unpaired) electrons. The van der Waals surface area contributed by atoms with Crippen LogP contribution in [0.15, 0.2) is 51.9 Å². The van der Waals surface area contributed by atoms with Crippen LogP contribution in [0.3, 0.4) is 0 Å². The van der Waals surface area contributed by atoms with Gasteiger partial charge in [-0.2, -0.15) is 0 Å². The van der Waals surface area contributed by atoms with Gasteiger partial charge in [0.15, 0.2) is 0 Å². The Morgan fingerprint density at radius 2 is 1.83 bits per heavy atom. The van der Waals surface area contributed by atoms with Gasteiger partial charge in [0, 0.05) is 44.0 Å². The SMILES string of the molecule is Cc1ccc2oc(=O)c3cc(C(=O)N4CCN(c5ncccn5)CC4)sc3c2c1. The first-order valence-corrected chi connectivity index (χ1v) is 10.2. The summed E-state index contributed by atoms with van der Waals surface area (Å²) in [5.41, 5.74) is 1.22. The van der Waals surface area contributed by atoms with Gasteiger partial charge in [-0.1, -0.05) is 11.6 Å². The van der Waals surface area contributed by atoms with Crippen LogP contribution in [0.5, 0.6) is 0 Å². The average Bonchev–Trinajstić information content (AvgIpc) is 3.21. The van der Waals surface area contributed by atoms with E-state index in [0.717, 1.165) is 15.6 Å². The van der Waals surface area contributed by atoms with Gasteiger partial charge in [-0.05, 0) is 31.2 Å². The molecule has 1 saturated heterocycles. The molecule has 7 nitrogen and oxygen atoms in total. The first-order valence-electron chi connectivity index (χ1n) is 9.38. The van der Waals surface area contributed by atoms with Crippen LogP contribution in [0.4, 0.5) is 5.95 Å². The number of rotatable bonds is 2. The minimum absolute atomic E-state index is 0.0555. The Morgan fingerprint density at radius 1 is 1.07 bits per heavy atom. The smallest absolute Gasteiger partial charge is 0.345 e. The Labute approximate surface area is 170 Å². The highest BCUT2D eigenvalue weighted by Gasteiger charge is 2.25. The lowest BCUT2D eigenvalue weighted by atomic mass is 10.1. The number of carbonyl (C=O) groups excluding carboxylic acids is 1. The van der Waals surface area contributed by atoms with Crippen LogP contribution in [0, 0.1) is 6.92 Å². The number of hydrogen-bond donors (Lipinski definition) is 0. The van der Waals surface area contributed by atoms with E-state index in [-0.39, 0.29) is 5.91 Å². The van der Waals surface area contributed by atoms with E-state index in [1.807, 2.05) is 24.0 Å². The summed E-state index contributed by atoms with van der Waals surface area (Å²) in [6, 6.07) is 9.16. The first kappa shape index (κ1) is 17.8. The van der Waals surface area contributed by atoms with Gasteiger partial charge in [0.2, 0.25) is 5.95 Å². The number of nitrogens with zero attached hydrogens (tertiary/aromatic N) is 4. The molecule has 146 valence electrons. The topological polar surface area (TPSA) is 79.5 Å². The van der Waals surface area contributed by atoms with Crippen LogP contribution >= 0.6 is 11.3 Å². The van der Waals surface area contributed by atoms with Crippen LogP contribution in [-0.4, -0.2) is 47.0 Å². The van der Waals surface area contributed by atoms with Gasteiger partial charge >= 0.3 is 5.63 Å². The predicted molar refractivity (Wildman–Crippen MR) is 113 cm³/mol. The highest BCUT2D eigenvalue weighted by atomic mass is 32.1. The summed E-state index contributed by atoms with van der Waals surface area (Å²) in [6.45, 7) is 4.50. The summed E-state index contributed by atoms with van der Waals surface area (Å²) in [4.78, 5) is 38.5. The maximum Gasteiger partial charge on any atom is 0.345 e. The van der Waals surface area contributed by atoms with E-state index >= 15 is 0 Å². The Kier molecular flexibility index (Phi) is 4.28. The highest BCUT2D eigenvalue weighted by molar-refractivity contribution is 7.21. The van der Waals surface area contributed by atoms with E-state index < -0.39 is 5.63 Å². The van der Waals surface area contributed by atoms with Crippen molar-refractivity contribution in [2.75, 3.05) is 31.1 Å². The molecule has 0 spiro atoms. The fourth-order valence-corrected chi connectivity index (χ4v) is 4.77. The highest BCUT2D eigenvalue weighted by Crippen LogP contribution is 2.32. The fraction of sp³-hybridized carbons (Fsp3) is 0.238. The molecule has 8 heteroatoms. The molecule has 5 rings (SSSR count). The molecule has 1 aromatic carbocycles. The minimum atomic E-state index is -0.405. The summed E-state index contributed by atoms with van der Waals surface area (Å²) in [5.74, 6) is 0.626. The third kappa shape index (κ3) is 3.15. The normalized spacial score (nSPS) is 14.7. The number of amides is 1. The summed E-state index contributed by atoms with van der Waals surface area (Å²) in [7, 11) is 0. The van der Waals surface area contributed by atoms with E-state index in [2.05, 4.69) is 14.9 Å². The molecular formula is C21H18N4O3S. The Bertz CT molecular complexity index is 1270. The van der Waals surface area contributed by atoms with Crippen molar-refractivity contribution in [2.45, 2.75) is 6.92 Å². The van der Waals surface area contributed by atoms with Crippen molar-refractivity contribution in [3.05, 3.63) is 63.6 Å². The maximum atomic E-state index is 13.1. The van der Waals surface area contributed by atoms with Crippen molar-refractivity contribution in [3.8, 4) is 0 Å². The molecule has 0 bridgehead atoms. The summed E-state index contributed by atoms with van der Waals surface area (Å²) in [6.07, 6.45) is 3.43. The molecule has 1 fully saturated rings. The van der Waals surface area contributed by atoms with E-state index in [0.29, 0.717) is 48.0 Å². The predicted octanol–water partition coefficient (Wildman–Crippen LogP) is 3.07. The standard InChI is InChI=1S/C21H18N4O3S/c1-13-3-4-16-14(11-13)18-15(20(27)28-16)12-17(29-18)19(26)24-7-9-25(10-8-24)21-22-5-2-6-23-21/h2-6,11-12H,7-10H2,1H3. The molecule has 0 aliphatic carbocycles. The molecule has 4 aromatic rings. The van der Waals surface area contributed by atoms with Gasteiger partial charge in [0.1, 0.15) is 5.58 Å². The van der Waals surface area contributed by atoms with E-state index in [9.17, 15) is 9.59 Å². The Balaban J connectivity index is 1.43. The minimum Gasteiger partial charge on any atom is -0.422 e. The van der Waals surface area contributed by atoms with Gasteiger partial charge in [-0.15, -0.1) is 11.3 Å². The van der Waals surface area contributed by atoms with Crippen LogP contribution in [0.2, 0.25) is 0 Å². The van der Waals surface area contributed by atoms with Crippen LogP contribution in [-0.2, 0) is 0 Å². The van der Waals surface area contributed by atoms with Crippen molar-refractivity contribution in [1.82, 2.24) is 14.9 Å². The number of carbonyl (C=O) groups is 1. The molecular weight excluding hydrogens is 388 g/mol. The average molecular weight is 406 g/mol. The van der Waals surface area contributed by atoms with Crippen molar-refractivity contribution < 1.29 is 9.21 Å². The molecule has 1 aliphatic rings. The number of fused-ring (bicyclic) bond motifs is 3. The number of piperazine rings is 1. The van der Waals surface area contributed by atoms with Crippen molar-refractivity contribution in [2.24, 2.45) is 0 Å². The van der Waals surface area contributed by atoms with Gasteiger partial charge in [-0.25, -0.2) is 14.8 Å². The largest absolute Gasteiger partial charge is 0.422 e. The Hall–Kier alpha value is -3.26. The molecule has 0 saturated carbocycles.